The molecule has 0 aliphatic heterocycles. The van der Waals surface area contributed by atoms with Gasteiger partial charge in [0.05, 0.1) is 0 Å². The standard InChI is InChI=1S/C21H16O2/c1-14(22)23-13-18-11-10-16-8-5-9-17-12-19(21(18)20(16)17)15-6-3-2-4-7-15/h2-12H,13H2,1H3. The molecule has 23 heavy (non-hydrogen) atoms. The van der Waals surface area contributed by atoms with Crippen LogP contribution in [0.25, 0.3) is 22.4 Å². The fourth-order valence-electron chi connectivity index (χ4n) is 3.25. The van der Waals surface area contributed by atoms with Crippen LogP contribution in [0.1, 0.15) is 29.2 Å². The summed E-state index contributed by atoms with van der Waals surface area (Å²) in [4.78, 5) is 11.2. The van der Waals surface area contributed by atoms with Crippen LogP contribution in [0.5, 0.6) is 0 Å². The summed E-state index contributed by atoms with van der Waals surface area (Å²) in [6.45, 7) is 1.75. The van der Waals surface area contributed by atoms with Crippen LogP contribution in [-0.4, -0.2) is 5.97 Å². The molecule has 0 atom stereocenters. The molecule has 3 aromatic carbocycles. The number of hydrogen-bond donors (Lipinski definition) is 0. The molecule has 3 aromatic rings. The summed E-state index contributed by atoms with van der Waals surface area (Å²) in [7, 11) is 0. The van der Waals surface area contributed by atoms with Crippen molar-refractivity contribution in [3.8, 4) is 0 Å². The summed E-state index contributed by atoms with van der Waals surface area (Å²) < 4.78 is 5.26. The highest BCUT2D eigenvalue weighted by Crippen LogP contribution is 2.42. The van der Waals surface area contributed by atoms with Crippen molar-refractivity contribution >= 4 is 28.4 Å². The lowest BCUT2D eigenvalue weighted by Gasteiger charge is -2.13. The Kier molecular flexibility index (Phi) is 3.23. The van der Waals surface area contributed by atoms with Gasteiger partial charge in [-0.25, -0.2) is 0 Å². The number of benzene rings is 3. The van der Waals surface area contributed by atoms with Gasteiger partial charge in [-0.15, -0.1) is 0 Å². The van der Waals surface area contributed by atoms with Crippen LogP contribution in [-0.2, 0) is 16.1 Å². The minimum Gasteiger partial charge on any atom is -0.461 e. The maximum absolute atomic E-state index is 11.2. The molecule has 0 saturated carbocycles. The Bertz CT molecular complexity index is 937. The zero-order valence-electron chi connectivity index (χ0n) is 12.9. The summed E-state index contributed by atoms with van der Waals surface area (Å²) >= 11 is 0. The monoisotopic (exact) mass is 300 g/mol. The van der Waals surface area contributed by atoms with Crippen molar-refractivity contribution in [2.75, 3.05) is 0 Å². The lowest BCUT2D eigenvalue weighted by Crippen LogP contribution is -2.02. The highest BCUT2D eigenvalue weighted by molar-refractivity contribution is 6.13. The average molecular weight is 300 g/mol. The normalized spacial score (nSPS) is 12.3. The van der Waals surface area contributed by atoms with Crippen LogP contribution in [0.2, 0.25) is 0 Å². The molecule has 0 saturated heterocycles. The smallest absolute Gasteiger partial charge is 0.302 e. The van der Waals surface area contributed by atoms with Crippen LogP contribution in [0.4, 0.5) is 0 Å². The summed E-state index contributed by atoms with van der Waals surface area (Å²) in [6, 6.07) is 20.9. The third-order valence-electron chi connectivity index (χ3n) is 4.25. The van der Waals surface area contributed by atoms with Crippen LogP contribution >= 0.6 is 0 Å². The number of rotatable bonds is 3. The van der Waals surface area contributed by atoms with Gasteiger partial charge in [-0.05, 0) is 44.7 Å². The molecule has 4 rings (SSSR count). The molecule has 112 valence electrons. The first-order valence-electron chi connectivity index (χ1n) is 7.69. The average Bonchev–Trinajstić information content (AvgIpc) is 2.97. The van der Waals surface area contributed by atoms with Crippen LogP contribution in [0.15, 0.2) is 60.7 Å². The minimum absolute atomic E-state index is 0.256. The third-order valence-corrected chi connectivity index (χ3v) is 4.25. The van der Waals surface area contributed by atoms with Gasteiger partial charge >= 0.3 is 5.97 Å². The number of ether oxygens (including phenoxy) is 1. The summed E-state index contributed by atoms with van der Waals surface area (Å²) in [5, 5.41) is 2.46. The predicted molar refractivity (Wildman–Crippen MR) is 92.8 cm³/mol. The van der Waals surface area contributed by atoms with E-state index in [1.165, 1.54) is 40.0 Å². The molecule has 0 aromatic heterocycles. The van der Waals surface area contributed by atoms with Gasteiger partial charge in [0.15, 0.2) is 0 Å². The van der Waals surface area contributed by atoms with Crippen molar-refractivity contribution in [2.45, 2.75) is 13.5 Å². The lowest BCUT2D eigenvalue weighted by molar-refractivity contribution is -0.142. The fourth-order valence-corrected chi connectivity index (χ4v) is 3.25. The Morgan fingerprint density at radius 1 is 0.957 bits per heavy atom. The first-order valence-corrected chi connectivity index (χ1v) is 7.69. The largest absolute Gasteiger partial charge is 0.461 e. The highest BCUT2D eigenvalue weighted by atomic mass is 16.5. The van der Waals surface area contributed by atoms with E-state index in [1.807, 2.05) is 18.2 Å². The van der Waals surface area contributed by atoms with Crippen molar-refractivity contribution in [3.05, 3.63) is 82.9 Å². The molecule has 0 radical (unpaired) electrons. The Balaban J connectivity index is 1.93. The van der Waals surface area contributed by atoms with E-state index in [0.29, 0.717) is 6.61 Å². The summed E-state index contributed by atoms with van der Waals surface area (Å²) in [5.41, 5.74) is 5.83. The Morgan fingerprint density at radius 2 is 1.78 bits per heavy atom. The van der Waals surface area contributed by atoms with Crippen molar-refractivity contribution in [2.24, 2.45) is 0 Å². The molecule has 0 fully saturated rings. The van der Waals surface area contributed by atoms with Crippen LogP contribution in [0.3, 0.4) is 0 Å². The number of hydrogen-bond acceptors (Lipinski definition) is 2. The SMILES string of the molecule is CC(=O)OCc1ccc2cccc3c2c1C(c1ccccc1)=C3. The summed E-state index contributed by atoms with van der Waals surface area (Å²) in [5.74, 6) is -0.256. The van der Waals surface area contributed by atoms with E-state index in [4.69, 9.17) is 4.74 Å². The van der Waals surface area contributed by atoms with Crippen LogP contribution < -0.4 is 0 Å². The predicted octanol–water partition coefficient (Wildman–Crippen LogP) is 4.81. The van der Waals surface area contributed by atoms with Gasteiger partial charge in [-0.1, -0.05) is 60.7 Å². The number of esters is 1. The Labute approximate surface area is 135 Å². The van der Waals surface area contributed by atoms with Gasteiger partial charge in [0.1, 0.15) is 6.61 Å². The molecule has 2 nitrogen and oxygen atoms in total. The molecule has 0 bridgehead atoms. The topological polar surface area (TPSA) is 26.3 Å². The number of carbonyl (C=O) groups is 1. The second kappa shape index (κ2) is 5.40. The van der Waals surface area contributed by atoms with Gasteiger partial charge in [0, 0.05) is 6.92 Å². The molecule has 0 N–H and O–H groups in total. The molecule has 0 unspecified atom stereocenters. The molecule has 0 amide bonds. The van der Waals surface area contributed by atoms with Crippen molar-refractivity contribution in [3.63, 3.8) is 0 Å². The van der Waals surface area contributed by atoms with E-state index in [0.717, 1.165) is 5.56 Å². The maximum atomic E-state index is 11.2. The Hall–Kier alpha value is -2.87. The van der Waals surface area contributed by atoms with Gasteiger partial charge in [0.25, 0.3) is 0 Å². The van der Waals surface area contributed by atoms with Gasteiger partial charge in [-0.2, -0.15) is 0 Å². The van der Waals surface area contributed by atoms with E-state index in [1.54, 1.807) is 0 Å². The second-order valence-electron chi connectivity index (χ2n) is 5.75. The third kappa shape index (κ3) is 2.33. The van der Waals surface area contributed by atoms with E-state index in [2.05, 4.69) is 48.5 Å². The quantitative estimate of drug-likeness (QED) is 0.508. The molecule has 0 heterocycles. The van der Waals surface area contributed by atoms with E-state index >= 15 is 0 Å². The van der Waals surface area contributed by atoms with E-state index in [-0.39, 0.29) is 5.97 Å². The van der Waals surface area contributed by atoms with E-state index in [9.17, 15) is 4.79 Å². The van der Waals surface area contributed by atoms with Crippen molar-refractivity contribution in [1.29, 1.82) is 0 Å². The molecule has 1 aliphatic carbocycles. The van der Waals surface area contributed by atoms with E-state index < -0.39 is 0 Å². The fraction of sp³-hybridized carbons (Fsp3) is 0.0952. The molecular weight excluding hydrogens is 284 g/mol. The molecule has 1 aliphatic rings. The first-order chi connectivity index (χ1) is 11.2. The highest BCUT2D eigenvalue weighted by Gasteiger charge is 2.21. The van der Waals surface area contributed by atoms with Crippen molar-refractivity contribution < 1.29 is 9.53 Å². The zero-order chi connectivity index (χ0) is 15.8. The maximum Gasteiger partial charge on any atom is 0.302 e. The van der Waals surface area contributed by atoms with Gasteiger partial charge < -0.3 is 4.74 Å². The molecule has 2 heteroatoms. The second-order valence-corrected chi connectivity index (χ2v) is 5.75. The lowest BCUT2D eigenvalue weighted by atomic mass is 9.93. The number of carbonyl (C=O) groups excluding carboxylic acids is 1. The molecule has 0 spiro atoms. The van der Waals surface area contributed by atoms with Gasteiger partial charge in [0.2, 0.25) is 0 Å². The van der Waals surface area contributed by atoms with Crippen molar-refractivity contribution in [1.82, 2.24) is 0 Å². The first kappa shape index (κ1) is 13.8. The molecular formula is C21H16O2. The summed E-state index contributed by atoms with van der Waals surface area (Å²) in [6.07, 6.45) is 2.23. The van der Waals surface area contributed by atoms with Gasteiger partial charge in [-0.3, -0.25) is 4.79 Å². The minimum atomic E-state index is -0.256. The Morgan fingerprint density at radius 3 is 2.57 bits per heavy atom. The zero-order valence-corrected chi connectivity index (χ0v) is 12.9. The van der Waals surface area contributed by atoms with Crippen LogP contribution in [0, 0.1) is 0 Å².